The first-order valence-corrected chi connectivity index (χ1v) is 6.32. The smallest absolute Gasteiger partial charge is 0.230 e. The van der Waals surface area contributed by atoms with Crippen LogP contribution in [0.2, 0.25) is 0 Å². The number of ether oxygens (including phenoxy) is 1. The Morgan fingerprint density at radius 3 is 3.00 bits per heavy atom. The van der Waals surface area contributed by atoms with Crippen LogP contribution in [0.4, 0.5) is 0 Å². The highest BCUT2D eigenvalue weighted by Crippen LogP contribution is 2.22. The lowest BCUT2D eigenvalue weighted by Gasteiger charge is -2.07. The fourth-order valence-corrected chi connectivity index (χ4v) is 1.93. The lowest BCUT2D eigenvalue weighted by atomic mass is 10.3. The summed E-state index contributed by atoms with van der Waals surface area (Å²) < 4.78 is 5.09. The number of thioether (sulfide) groups is 1. The fraction of sp³-hybridized carbons (Fsp3) is 0.417. The highest BCUT2D eigenvalue weighted by atomic mass is 32.2. The van der Waals surface area contributed by atoms with Gasteiger partial charge in [-0.3, -0.25) is 4.79 Å². The van der Waals surface area contributed by atoms with Crippen molar-refractivity contribution >= 4 is 17.7 Å². The van der Waals surface area contributed by atoms with Crippen LogP contribution in [0.3, 0.4) is 0 Å². The molecule has 17 heavy (non-hydrogen) atoms. The molecule has 0 aliphatic rings. The van der Waals surface area contributed by atoms with Crippen molar-refractivity contribution < 1.29 is 14.6 Å². The molecule has 1 amide bonds. The van der Waals surface area contributed by atoms with Gasteiger partial charge >= 0.3 is 0 Å². The van der Waals surface area contributed by atoms with E-state index in [1.807, 2.05) is 24.3 Å². The lowest BCUT2D eigenvalue weighted by molar-refractivity contribution is -0.118. The molecular weight excluding hydrogens is 238 g/mol. The third kappa shape index (κ3) is 5.60. The molecule has 1 atom stereocenters. The zero-order valence-corrected chi connectivity index (χ0v) is 10.8. The summed E-state index contributed by atoms with van der Waals surface area (Å²) >= 11 is 1.44. The van der Waals surface area contributed by atoms with Crippen molar-refractivity contribution in [1.82, 2.24) is 5.32 Å². The zero-order chi connectivity index (χ0) is 12.7. The summed E-state index contributed by atoms with van der Waals surface area (Å²) in [5, 5.41) is 11.7. The molecule has 0 aliphatic carbocycles. The zero-order valence-electron chi connectivity index (χ0n) is 9.97. The minimum absolute atomic E-state index is 0.0845. The van der Waals surface area contributed by atoms with E-state index in [2.05, 4.69) is 5.32 Å². The molecule has 0 spiro atoms. The molecule has 1 aromatic carbocycles. The maximum Gasteiger partial charge on any atom is 0.230 e. The average molecular weight is 255 g/mol. The Morgan fingerprint density at radius 1 is 1.59 bits per heavy atom. The second-order valence-electron chi connectivity index (χ2n) is 3.62. The Morgan fingerprint density at radius 2 is 2.35 bits per heavy atom. The van der Waals surface area contributed by atoms with Crippen molar-refractivity contribution in [2.75, 3.05) is 19.4 Å². The van der Waals surface area contributed by atoms with E-state index >= 15 is 0 Å². The predicted octanol–water partition coefficient (Wildman–Crippen LogP) is 1.28. The van der Waals surface area contributed by atoms with Gasteiger partial charge < -0.3 is 15.2 Å². The van der Waals surface area contributed by atoms with Crippen LogP contribution in [0, 0.1) is 0 Å². The molecule has 2 N–H and O–H groups in total. The third-order valence-electron chi connectivity index (χ3n) is 2.01. The summed E-state index contributed by atoms with van der Waals surface area (Å²) in [6, 6.07) is 7.55. The van der Waals surface area contributed by atoms with Gasteiger partial charge in [-0.15, -0.1) is 11.8 Å². The largest absolute Gasteiger partial charge is 0.497 e. The highest BCUT2D eigenvalue weighted by Gasteiger charge is 2.04. The Balaban J connectivity index is 2.36. The molecule has 0 aliphatic heterocycles. The number of carbonyl (C=O) groups excluding carboxylic acids is 1. The van der Waals surface area contributed by atoms with Gasteiger partial charge in [-0.05, 0) is 25.1 Å². The first-order chi connectivity index (χ1) is 8.11. The molecule has 1 unspecified atom stereocenters. The lowest BCUT2D eigenvalue weighted by Crippen LogP contribution is -2.31. The molecule has 0 radical (unpaired) electrons. The molecule has 0 heterocycles. The van der Waals surface area contributed by atoms with Gasteiger partial charge in [0.05, 0.1) is 19.0 Å². The first kappa shape index (κ1) is 13.9. The van der Waals surface area contributed by atoms with Gasteiger partial charge in [-0.1, -0.05) is 6.07 Å². The predicted molar refractivity (Wildman–Crippen MR) is 68.4 cm³/mol. The van der Waals surface area contributed by atoms with E-state index in [-0.39, 0.29) is 12.5 Å². The number of aliphatic hydroxyl groups excluding tert-OH is 1. The maximum absolute atomic E-state index is 11.4. The van der Waals surface area contributed by atoms with Crippen LogP contribution in [-0.4, -0.2) is 36.5 Å². The molecular formula is C12H17NO3S. The van der Waals surface area contributed by atoms with Gasteiger partial charge in [0, 0.05) is 11.4 Å². The number of amides is 1. The topological polar surface area (TPSA) is 58.6 Å². The van der Waals surface area contributed by atoms with Crippen LogP contribution in [0.25, 0.3) is 0 Å². The van der Waals surface area contributed by atoms with Crippen LogP contribution >= 0.6 is 11.8 Å². The molecule has 1 rings (SSSR count). The van der Waals surface area contributed by atoms with Crippen molar-refractivity contribution in [1.29, 1.82) is 0 Å². The summed E-state index contributed by atoms with van der Waals surface area (Å²) in [6.07, 6.45) is -0.513. The average Bonchev–Trinajstić information content (AvgIpc) is 2.34. The van der Waals surface area contributed by atoms with Crippen molar-refractivity contribution in [3.05, 3.63) is 24.3 Å². The number of hydrogen-bond acceptors (Lipinski definition) is 4. The normalized spacial score (nSPS) is 11.9. The van der Waals surface area contributed by atoms with Gasteiger partial charge in [0.1, 0.15) is 5.75 Å². The molecule has 0 saturated heterocycles. The van der Waals surface area contributed by atoms with E-state index in [9.17, 15) is 4.79 Å². The number of carbonyl (C=O) groups is 1. The van der Waals surface area contributed by atoms with Crippen LogP contribution in [0.5, 0.6) is 5.75 Å². The third-order valence-corrected chi connectivity index (χ3v) is 3.00. The molecule has 0 saturated carbocycles. The van der Waals surface area contributed by atoms with Gasteiger partial charge in [0.25, 0.3) is 0 Å². The fourth-order valence-electron chi connectivity index (χ4n) is 1.15. The second kappa shape index (κ2) is 7.19. The van der Waals surface area contributed by atoms with Crippen LogP contribution in [0.1, 0.15) is 6.92 Å². The Labute approximate surface area is 105 Å². The van der Waals surface area contributed by atoms with Gasteiger partial charge in [0.2, 0.25) is 5.91 Å². The second-order valence-corrected chi connectivity index (χ2v) is 4.67. The van der Waals surface area contributed by atoms with E-state index in [0.29, 0.717) is 5.75 Å². The first-order valence-electron chi connectivity index (χ1n) is 5.33. The Kier molecular flexibility index (Phi) is 5.86. The van der Waals surface area contributed by atoms with Crippen molar-refractivity contribution in [3.63, 3.8) is 0 Å². The highest BCUT2D eigenvalue weighted by molar-refractivity contribution is 8.00. The SMILES string of the molecule is COc1cccc(SCC(=O)NCC(C)O)c1. The molecule has 0 aromatic heterocycles. The Bertz CT molecular complexity index is 369. The summed E-state index contributed by atoms with van der Waals surface area (Å²) in [5.74, 6) is 1.03. The number of nitrogens with one attached hydrogen (secondary N) is 1. The summed E-state index contributed by atoms with van der Waals surface area (Å²) in [7, 11) is 1.61. The number of aliphatic hydroxyl groups is 1. The summed E-state index contributed by atoms with van der Waals surface area (Å²) in [4.78, 5) is 12.4. The molecule has 0 bridgehead atoms. The molecule has 94 valence electrons. The number of benzene rings is 1. The van der Waals surface area contributed by atoms with Crippen LogP contribution < -0.4 is 10.1 Å². The standard InChI is InChI=1S/C12H17NO3S/c1-9(14)7-13-12(15)8-17-11-5-3-4-10(6-11)16-2/h3-6,9,14H,7-8H2,1-2H3,(H,13,15). The number of rotatable bonds is 6. The minimum atomic E-state index is -0.513. The maximum atomic E-state index is 11.4. The van der Waals surface area contributed by atoms with Gasteiger partial charge in [-0.2, -0.15) is 0 Å². The van der Waals surface area contributed by atoms with E-state index in [1.165, 1.54) is 11.8 Å². The molecule has 4 nitrogen and oxygen atoms in total. The van der Waals surface area contributed by atoms with Crippen LogP contribution in [-0.2, 0) is 4.79 Å². The summed E-state index contributed by atoms with van der Waals surface area (Å²) in [5.41, 5.74) is 0. The van der Waals surface area contributed by atoms with Crippen molar-refractivity contribution in [3.8, 4) is 5.75 Å². The van der Waals surface area contributed by atoms with Crippen LogP contribution in [0.15, 0.2) is 29.2 Å². The van der Waals surface area contributed by atoms with E-state index in [1.54, 1.807) is 14.0 Å². The number of hydrogen-bond donors (Lipinski definition) is 2. The van der Waals surface area contributed by atoms with Crippen molar-refractivity contribution in [2.45, 2.75) is 17.9 Å². The van der Waals surface area contributed by atoms with E-state index < -0.39 is 6.10 Å². The number of methoxy groups -OCH3 is 1. The summed E-state index contributed by atoms with van der Waals surface area (Å²) in [6.45, 7) is 1.92. The molecule has 1 aromatic rings. The van der Waals surface area contributed by atoms with Crippen molar-refractivity contribution in [2.24, 2.45) is 0 Å². The quantitative estimate of drug-likeness (QED) is 0.752. The van der Waals surface area contributed by atoms with Gasteiger partial charge in [-0.25, -0.2) is 0 Å². The Hall–Kier alpha value is -1.20. The van der Waals surface area contributed by atoms with E-state index in [4.69, 9.17) is 9.84 Å². The molecule has 0 fully saturated rings. The monoisotopic (exact) mass is 255 g/mol. The van der Waals surface area contributed by atoms with Gasteiger partial charge in [0.15, 0.2) is 0 Å². The van der Waals surface area contributed by atoms with E-state index in [0.717, 1.165) is 10.6 Å². The molecule has 5 heteroatoms. The minimum Gasteiger partial charge on any atom is -0.497 e.